The maximum absolute atomic E-state index is 8.56. The molecule has 0 radical (unpaired) electrons. The zero-order valence-corrected chi connectivity index (χ0v) is 13.2. The van der Waals surface area contributed by atoms with Gasteiger partial charge in [-0.15, -0.1) is 0 Å². The van der Waals surface area contributed by atoms with Crippen LogP contribution in [-0.2, 0) is 4.52 Å². The zero-order valence-electron chi connectivity index (χ0n) is 11.4. The van der Waals surface area contributed by atoms with Crippen molar-refractivity contribution >= 4 is 20.9 Å². The van der Waals surface area contributed by atoms with Crippen LogP contribution >= 0.6 is 20.9 Å². The highest BCUT2D eigenvalue weighted by Gasteiger charge is 2.24. The first-order valence-corrected chi connectivity index (χ1v) is 8.24. The van der Waals surface area contributed by atoms with E-state index in [1.807, 2.05) is 0 Å². The summed E-state index contributed by atoms with van der Waals surface area (Å²) in [5.41, 5.74) is 0. The first-order chi connectivity index (χ1) is 8.04. The highest BCUT2D eigenvalue weighted by molar-refractivity contribution is 7.80. The molecule has 0 aliphatic heterocycles. The van der Waals surface area contributed by atoms with Crippen LogP contribution in [0.5, 0.6) is 0 Å². The molecule has 0 fully saturated rings. The van der Waals surface area contributed by atoms with E-state index >= 15 is 0 Å². The Labute approximate surface area is 113 Å². The molecular formula is C12H25N2OPS. The van der Waals surface area contributed by atoms with Crippen molar-refractivity contribution in [3.63, 3.8) is 0 Å². The van der Waals surface area contributed by atoms with Gasteiger partial charge < -0.3 is 4.52 Å². The molecule has 0 saturated heterocycles. The van der Waals surface area contributed by atoms with Crippen LogP contribution in [0, 0.1) is 11.3 Å². The smallest absolute Gasteiger partial charge is 0.104 e. The lowest BCUT2D eigenvalue weighted by atomic mass is 10.3. The van der Waals surface area contributed by atoms with Gasteiger partial charge in [0.05, 0.1) is 19.1 Å². The number of nitriles is 1. The van der Waals surface area contributed by atoms with Crippen molar-refractivity contribution in [3.05, 3.63) is 0 Å². The summed E-state index contributed by atoms with van der Waals surface area (Å²) in [7, 11) is -0.587. The second-order valence-corrected chi connectivity index (χ2v) is 6.78. The molecule has 0 aromatic rings. The van der Waals surface area contributed by atoms with Crippen LogP contribution in [-0.4, -0.2) is 35.3 Å². The summed E-state index contributed by atoms with van der Waals surface area (Å²) < 4.78 is 8.33. The Balaban J connectivity index is 4.44. The van der Waals surface area contributed by atoms with E-state index < -0.39 is 8.30 Å². The third kappa shape index (κ3) is 7.26. The van der Waals surface area contributed by atoms with Crippen molar-refractivity contribution in [2.45, 2.75) is 52.6 Å². The number of hydrogen-bond acceptors (Lipinski definition) is 4. The maximum atomic E-state index is 8.56. The average Bonchev–Trinajstić information content (AvgIpc) is 2.24. The minimum Gasteiger partial charge on any atom is -0.342 e. The van der Waals surface area contributed by atoms with Gasteiger partial charge in [-0.3, -0.25) is 4.67 Å². The van der Waals surface area contributed by atoms with E-state index in [1.54, 1.807) is 0 Å². The second kappa shape index (κ2) is 10.1. The summed E-state index contributed by atoms with van der Waals surface area (Å²) >= 11 is 4.26. The van der Waals surface area contributed by atoms with E-state index in [-0.39, 0.29) is 0 Å². The first-order valence-electron chi connectivity index (χ1n) is 6.21. The molecule has 0 aliphatic rings. The molecule has 100 valence electrons. The minimum atomic E-state index is -0.587. The van der Waals surface area contributed by atoms with Gasteiger partial charge in [0, 0.05) is 18.2 Å². The van der Waals surface area contributed by atoms with Crippen molar-refractivity contribution in [1.82, 2.24) is 4.67 Å². The lowest BCUT2D eigenvalue weighted by Gasteiger charge is -2.37. The standard InChI is InChI=1S/C12H25N2OPS/c1-11(2)14(12(3)4)16(9-6-10-17)15-8-5-7-13/h11-12,17H,5-6,8-10H2,1-4H3. The van der Waals surface area contributed by atoms with E-state index in [1.165, 1.54) is 0 Å². The quantitative estimate of drug-likeness (QED) is 0.396. The van der Waals surface area contributed by atoms with Crippen molar-refractivity contribution in [2.24, 2.45) is 0 Å². The lowest BCUT2D eigenvalue weighted by molar-refractivity contribution is 0.256. The van der Waals surface area contributed by atoms with Crippen LogP contribution in [0.25, 0.3) is 0 Å². The van der Waals surface area contributed by atoms with Crippen molar-refractivity contribution in [2.75, 3.05) is 18.5 Å². The van der Waals surface area contributed by atoms with Gasteiger partial charge in [-0.1, -0.05) is 0 Å². The van der Waals surface area contributed by atoms with E-state index in [9.17, 15) is 0 Å². The monoisotopic (exact) mass is 276 g/mol. The SMILES string of the molecule is CC(C)N(C(C)C)P(CCCS)OCCC#N. The van der Waals surface area contributed by atoms with Crippen molar-refractivity contribution < 1.29 is 4.52 Å². The molecule has 5 heteroatoms. The summed E-state index contributed by atoms with van der Waals surface area (Å²) in [6.45, 7) is 9.34. The zero-order chi connectivity index (χ0) is 13.3. The van der Waals surface area contributed by atoms with E-state index in [4.69, 9.17) is 9.79 Å². The van der Waals surface area contributed by atoms with Gasteiger partial charge in [0.1, 0.15) is 8.30 Å². The molecule has 0 heterocycles. The topological polar surface area (TPSA) is 36.3 Å². The molecule has 1 unspecified atom stereocenters. The summed E-state index contributed by atoms with van der Waals surface area (Å²) in [6.07, 6.45) is 2.58. The van der Waals surface area contributed by atoms with Crippen LogP contribution < -0.4 is 0 Å². The maximum Gasteiger partial charge on any atom is 0.104 e. The molecule has 0 saturated carbocycles. The molecule has 3 nitrogen and oxygen atoms in total. The van der Waals surface area contributed by atoms with Crippen molar-refractivity contribution in [3.8, 4) is 6.07 Å². The Hall–Kier alpha value is 0.190. The molecule has 0 aliphatic carbocycles. The van der Waals surface area contributed by atoms with Gasteiger partial charge in [-0.05, 0) is 39.9 Å². The fourth-order valence-electron chi connectivity index (χ4n) is 1.76. The van der Waals surface area contributed by atoms with Gasteiger partial charge in [0.25, 0.3) is 0 Å². The van der Waals surface area contributed by atoms with Crippen molar-refractivity contribution in [1.29, 1.82) is 5.26 Å². The Morgan fingerprint density at radius 2 is 1.88 bits per heavy atom. The lowest BCUT2D eigenvalue weighted by Crippen LogP contribution is -2.33. The largest absolute Gasteiger partial charge is 0.342 e. The Bertz CT molecular complexity index is 223. The van der Waals surface area contributed by atoms with Gasteiger partial charge >= 0.3 is 0 Å². The molecule has 0 amide bonds. The summed E-state index contributed by atoms with van der Waals surface area (Å²) in [5, 5.41) is 8.56. The van der Waals surface area contributed by atoms with Gasteiger partial charge in [-0.2, -0.15) is 17.9 Å². The van der Waals surface area contributed by atoms with Crippen LogP contribution in [0.1, 0.15) is 40.5 Å². The molecule has 0 N–H and O–H groups in total. The fraction of sp³-hybridized carbons (Fsp3) is 0.917. The van der Waals surface area contributed by atoms with Gasteiger partial charge in [0.2, 0.25) is 0 Å². The summed E-state index contributed by atoms with van der Waals surface area (Å²) in [5.74, 6) is 0.893. The third-order valence-corrected chi connectivity index (χ3v) is 5.21. The first kappa shape index (κ1) is 17.2. The highest BCUT2D eigenvalue weighted by atomic mass is 32.1. The van der Waals surface area contributed by atoms with Gasteiger partial charge in [0.15, 0.2) is 0 Å². The minimum absolute atomic E-state index is 0.475. The van der Waals surface area contributed by atoms with E-state index in [0.717, 1.165) is 18.3 Å². The van der Waals surface area contributed by atoms with Gasteiger partial charge in [-0.25, -0.2) is 0 Å². The third-order valence-electron chi connectivity index (χ3n) is 2.28. The Morgan fingerprint density at radius 1 is 1.29 bits per heavy atom. The fourth-order valence-corrected chi connectivity index (χ4v) is 4.42. The molecule has 0 spiro atoms. The van der Waals surface area contributed by atoms with Crippen LogP contribution in [0.3, 0.4) is 0 Å². The van der Waals surface area contributed by atoms with E-state index in [0.29, 0.717) is 25.1 Å². The molecular weight excluding hydrogens is 251 g/mol. The second-order valence-electron chi connectivity index (χ2n) is 4.46. The Morgan fingerprint density at radius 3 is 2.29 bits per heavy atom. The van der Waals surface area contributed by atoms with Crippen LogP contribution in [0.15, 0.2) is 0 Å². The molecule has 0 bridgehead atoms. The van der Waals surface area contributed by atoms with Crippen LogP contribution in [0.4, 0.5) is 0 Å². The number of rotatable bonds is 9. The highest BCUT2D eigenvalue weighted by Crippen LogP contribution is 2.45. The predicted molar refractivity (Wildman–Crippen MR) is 78.6 cm³/mol. The predicted octanol–water partition coefficient (Wildman–Crippen LogP) is 3.67. The molecule has 1 atom stereocenters. The number of nitrogens with zero attached hydrogens (tertiary/aromatic N) is 2. The molecule has 17 heavy (non-hydrogen) atoms. The normalized spacial score (nSPS) is 13.4. The molecule has 0 rings (SSSR count). The Kier molecular flexibility index (Phi) is 10.3. The van der Waals surface area contributed by atoms with Crippen LogP contribution in [0.2, 0.25) is 0 Å². The molecule has 0 aromatic carbocycles. The summed E-state index contributed by atoms with van der Waals surface area (Å²) in [4.78, 5) is 0. The van der Waals surface area contributed by atoms with E-state index in [2.05, 4.69) is 51.1 Å². The number of thiol groups is 1. The summed E-state index contributed by atoms with van der Waals surface area (Å²) in [6, 6.07) is 3.08. The molecule has 0 aromatic heterocycles. The average molecular weight is 276 g/mol. The number of hydrogen-bond donors (Lipinski definition) is 1.